The number of nitrogen functional groups attached to an aromatic ring is 1. The van der Waals surface area contributed by atoms with Crippen LogP contribution in [0.15, 0.2) is 24.4 Å². The number of nitrogens with two attached hydrogens (primary N) is 1. The third kappa shape index (κ3) is 2.84. The van der Waals surface area contributed by atoms with Gasteiger partial charge in [0.25, 0.3) is 0 Å². The Hall–Kier alpha value is -1.95. The quantitative estimate of drug-likeness (QED) is 0.900. The van der Waals surface area contributed by atoms with Crippen molar-refractivity contribution in [3.05, 3.63) is 46.6 Å². The molecule has 18 heavy (non-hydrogen) atoms. The molecule has 0 radical (unpaired) electrons. The topological polar surface area (TPSA) is 63.8 Å². The van der Waals surface area contributed by atoms with Gasteiger partial charge in [0.15, 0.2) is 17.5 Å². The maximum absolute atomic E-state index is 13.0. The molecule has 2 rings (SSSR count). The van der Waals surface area contributed by atoms with Gasteiger partial charge in [0.05, 0.1) is 6.20 Å². The highest BCUT2D eigenvalue weighted by Crippen LogP contribution is 2.19. The molecule has 0 amide bonds. The average Bonchev–Trinajstić information content (AvgIpc) is 2.34. The summed E-state index contributed by atoms with van der Waals surface area (Å²) >= 11 is 5.84. The third-order valence-corrected chi connectivity index (χ3v) is 2.48. The van der Waals surface area contributed by atoms with Gasteiger partial charge >= 0.3 is 0 Å². The molecule has 2 aromatic rings. The maximum Gasteiger partial charge on any atom is 0.222 e. The van der Waals surface area contributed by atoms with Crippen LogP contribution in [0.2, 0.25) is 5.02 Å². The molecule has 0 bridgehead atoms. The third-order valence-electron chi connectivity index (χ3n) is 2.21. The Morgan fingerprint density at radius 1 is 1.28 bits per heavy atom. The second kappa shape index (κ2) is 5.14. The minimum Gasteiger partial charge on any atom is -0.368 e. The zero-order valence-corrected chi connectivity index (χ0v) is 9.88. The summed E-state index contributed by atoms with van der Waals surface area (Å²) in [6.45, 7) is 0.243. The summed E-state index contributed by atoms with van der Waals surface area (Å²) < 4.78 is 25.7. The maximum atomic E-state index is 13.0. The van der Waals surface area contributed by atoms with Crippen molar-refractivity contribution in [3.8, 4) is 0 Å². The lowest BCUT2D eigenvalue weighted by molar-refractivity contribution is 0.507. The smallest absolute Gasteiger partial charge is 0.222 e. The van der Waals surface area contributed by atoms with Crippen molar-refractivity contribution in [1.29, 1.82) is 0 Å². The number of hydrogen-bond acceptors (Lipinski definition) is 4. The van der Waals surface area contributed by atoms with Gasteiger partial charge in [-0.3, -0.25) is 0 Å². The van der Waals surface area contributed by atoms with Crippen LogP contribution in [0.1, 0.15) is 5.56 Å². The van der Waals surface area contributed by atoms with E-state index in [0.29, 0.717) is 16.4 Å². The first kappa shape index (κ1) is 12.5. The van der Waals surface area contributed by atoms with Crippen molar-refractivity contribution in [1.82, 2.24) is 9.97 Å². The molecule has 0 atom stereocenters. The first-order valence-corrected chi connectivity index (χ1v) is 5.40. The zero-order valence-electron chi connectivity index (χ0n) is 9.12. The summed E-state index contributed by atoms with van der Waals surface area (Å²) in [6, 6.07) is 3.62. The lowest BCUT2D eigenvalue weighted by Crippen LogP contribution is -2.05. The molecule has 7 heteroatoms. The van der Waals surface area contributed by atoms with E-state index in [-0.39, 0.29) is 12.5 Å². The van der Waals surface area contributed by atoms with Crippen LogP contribution in [0.3, 0.4) is 0 Å². The molecular formula is C11H9ClF2N4. The van der Waals surface area contributed by atoms with E-state index in [2.05, 4.69) is 15.3 Å². The van der Waals surface area contributed by atoms with E-state index < -0.39 is 11.6 Å². The summed E-state index contributed by atoms with van der Waals surface area (Å²) in [6.07, 6.45) is 1.36. The molecule has 1 aromatic carbocycles. The Balaban J connectivity index is 2.11. The summed E-state index contributed by atoms with van der Waals surface area (Å²) in [5.41, 5.74) is 5.97. The van der Waals surface area contributed by atoms with E-state index in [1.54, 1.807) is 0 Å². The number of aromatic nitrogens is 2. The molecule has 0 fully saturated rings. The highest BCUT2D eigenvalue weighted by Gasteiger charge is 2.05. The zero-order chi connectivity index (χ0) is 13.1. The molecule has 0 aliphatic rings. The van der Waals surface area contributed by atoms with Crippen LogP contribution >= 0.6 is 11.6 Å². The van der Waals surface area contributed by atoms with E-state index in [0.717, 1.165) is 12.1 Å². The van der Waals surface area contributed by atoms with Gasteiger partial charge in [-0.05, 0) is 17.7 Å². The van der Waals surface area contributed by atoms with Crippen LogP contribution in [0.25, 0.3) is 0 Å². The number of halogens is 3. The lowest BCUT2D eigenvalue weighted by atomic mass is 10.2. The molecule has 0 saturated carbocycles. The first-order chi connectivity index (χ1) is 8.56. The average molecular weight is 271 g/mol. The molecule has 0 aliphatic heterocycles. The van der Waals surface area contributed by atoms with Gasteiger partial charge in [0.2, 0.25) is 5.95 Å². The summed E-state index contributed by atoms with van der Waals surface area (Å²) in [7, 11) is 0. The molecule has 1 heterocycles. The number of nitrogens with zero attached hydrogens (tertiary/aromatic N) is 2. The monoisotopic (exact) mass is 270 g/mol. The van der Waals surface area contributed by atoms with Crippen LogP contribution in [0.4, 0.5) is 20.5 Å². The van der Waals surface area contributed by atoms with Crippen LogP contribution in [-0.4, -0.2) is 9.97 Å². The summed E-state index contributed by atoms with van der Waals surface area (Å²) in [5, 5.41) is 3.16. The fourth-order valence-corrected chi connectivity index (χ4v) is 1.50. The minimum atomic E-state index is -0.900. The van der Waals surface area contributed by atoms with Gasteiger partial charge in [0.1, 0.15) is 5.02 Å². The van der Waals surface area contributed by atoms with Crippen molar-refractivity contribution < 1.29 is 8.78 Å². The van der Waals surface area contributed by atoms with Crippen LogP contribution < -0.4 is 11.1 Å². The van der Waals surface area contributed by atoms with E-state index in [4.69, 9.17) is 17.3 Å². The molecule has 0 saturated heterocycles. The second-order valence-corrected chi connectivity index (χ2v) is 3.93. The highest BCUT2D eigenvalue weighted by molar-refractivity contribution is 6.32. The predicted molar refractivity (Wildman–Crippen MR) is 65.1 cm³/mol. The normalized spacial score (nSPS) is 10.4. The van der Waals surface area contributed by atoms with Gasteiger partial charge < -0.3 is 11.1 Å². The Bertz CT molecular complexity index is 577. The standard InChI is InChI=1S/C11H9ClF2N4/c12-7-5-17-11(15)18-10(7)16-4-6-1-2-8(13)9(14)3-6/h1-3,5H,4H2,(H3,15,16,17,18). The number of nitrogens with one attached hydrogen (secondary N) is 1. The largest absolute Gasteiger partial charge is 0.368 e. The minimum absolute atomic E-state index is 0.0761. The number of hydrogen-bond donors (Lipinski definition) is 2. The van der Waals surface area contributed by atoms with E-state index in [1.807, 2.05) is 0 Å². The SMILES string of the molecule is Nc1ncc(Cl)c(NCc2ccc(F)c(F)c2)n1. The van der Waals surface area contributed by atoms with Crippen molar-refractivity contribution >= 4 is 23.4 Å². The summed E-state index contributed by atoms with van der Waals surface area (Å²) in [5.74, 6) is -1.37. The predicted octanol–water partition coefficient (Wildman–Crippen LogP) is 2.60. The van der Waals surface area contributed by atoms with Gasteiger partial charge in [-0.25, -0.2) is 13.8 Å². The molecule has 0 unspecified atom stereocenters. The lowest BCUT2D eigenvalue weighted by Gasteiger charge is -2.07. The Morgan fingerprint density at radius 3 is 2.78 bits per heavy atom. The fourth-order valence-electron chi connectivity index (χ4n) is 1.34. The van der Waals surface area contributed by atoms with Crippen molar-refractivity contribution in [2.75, 3.05) is 11.1 Å². The van der Waals surface area contributed by atoms with Crippen molar-refractivity contribution in [3.63, 3.8) is 0 Å². The molecule has 4 nitrogen and oxygen atoms in total. The van der Waals surface area contributed by atoms with Gasteiger partial charge in [-0.1, -0.05) is 17.7 Å². The van der Waals surface area contributed by atoms with Crippen LogP contribution in [0, 0.1) is 11.6 Å². The van der Waals surface area contributed by atoms with Crippen molar-refractivity contribution in [2.45, 2.75) is 6.54 Å². The summed E-state index contributed by atoms with van der Waals surface area (Å²) in [4.78, 5) is 7.59. The van der Waals surface area contributed by atoms with Crippen molar-refractivity contribution in [2.24, 2.45) is 0 Å². The van der Waals surface area contributed by atoms with E-state index >= 15 is 0 Å². The highest BCUT2D eigenvalue weighted by atomic mass is 35.5. The molecule has 1 aromatic heterocycles. The number of benzene rings is 1. The van der Waals surface area contributed by atoms with Crippen LogP contribution in [-0.2, 0) is 6.54 Å². The van der Waals surface area contributed by atoms with Gasteiger partial charge in [-0.2, -0.15) is 4.98 Å². The molecule has 0 spiro atoms. The number of rotatable bonds is 3. The van der Waals surface area contributed by atoms with E-state index in [9.17, 15) is 8.78 Å². The molecule has 94 valence electrons. The van der Waals surface area contributed by atoms with Crippen LogP contribution in [0.5, 0.6) is 0 Å². The molecular weight excluding hydrogens is 262 g/mol. The molecule has 0 aliphatic carbocycles. The second-order valence-electron chi connectivity index (χ2n) is 3.53. The molecule has 3 N–H and O–H groups in total. The van der Waals surface area contributed by atoms with E-state index in [1.165, 1.54) is 12.3 Å². The van der Waals surface area contributed by atoms with Gasteiger partial charge in [-0.15, -0.1) is 0 Å². The fraction of sp³-hybridized carbons (Fsp3) is 0.0909. The number of anilines is 2. The Kier molecular flexibility index (Phi) is 3.57. The first-order valence-electron chi connectivity index (χ1n) is 5.02. The Labute approximate surface area is 107 Å². The Morgan fingerprint density at radius 2 is 2.06 bits per heavy atom. The van der Waals surface area contributed by atoms with Gasteiger partial charge in [0, 0.05) is 6.54 Å².